The summed E-state index contributed by atoms with van der Waals surface area (Å²) in [7, 11) is -2.37. The minimum absolute atomic E-state index is 0.153. The summed E-state index contributed by atoms with van der Waals surface area (Å²) in [5.74, 6) is -0.474. The zero-order chi connectivity index (χ0) is 17.5. The van der Waals surface area contributed by atoms with Gasteiger partial charge in [0.1, 0.15) is 14.3 Å². The molecule has 0 saturated carbocycles. The Morgan fingerprint density at radius 3 is 2.58 bits per heavy atom. The normalized spacial score (nSPS) is 20.9. The first-order valence-electron chi connectivity index (χ1n) is 7.01. The van der Waals surface area contributed by atoms with E-state index < -0.39 is 10.1 Å². The first-order chi connectivity index (χ1) is 11.3. The maximum atomic E-state index is 12.4. The highest BCUT2D eigenvalue weighted by Gasteiger charge is 2.37. The van der Waals surface area contributed by atoms with Crippen LogP contribution in [0.1, 0.15) is 6.42 Å². The van der Waals surface area contributed by atoms with Gasteiger partial charge in [-0.3, -0.25) is 14.2 Å². The molecule has 0 spiro atoms. The van der Waals surface area contributed by atoms with Crippen LogP contribution in [0, 0.1) is 0 Å². The molecule has 3 rings (SSSR count). The van der Waals surface area contributed by atoms with Crippen LogP contribution in [-0.2, 0) is 14.9 Å². The molecule has 0 aromatic heterocycles. The number of carbonyl (C=O) groups excluding carboxylic acids is 1. The summed E-state index contributed by atoms with van der Waals surface area (Å²) in [5.41, 5.74) is 0.925. The molecule has 1 N–H and O–H groups in total. The molecule has 10 heteroatoms. The van der Waals surface area contributed by atoms with Crippen LogP contribution in [0.3, 0.4) is 0 Å². The van der Waals surface area contributed by atoms with E-state index in [1.807, 2.05) is 29.2 Å². The van der Waals surface area contributed by atoms with Crippen molar-refractivity contribution >= 4 is 61.8 Å². The summed E-state index contributed by atoms with van der Waals surface area (Å²) in [6.45, 7) is 0.382. The van der Waals surface area contributed by atoms with Crippen molar-refractivity contribution in [3.8, 4) is 0 Å². The molecule has 0 radical (unpaired) electrons. The zero-order valence-corrected chi connectivity index (χ0v) is 15.9. The topological polar surface area (TPSA) is 77.9 Å². The van der Waals surface area contributed by atoms with E-state index >= 15 is 0 Å². The number of carbonyl (C=O) groups is 1. The third-order valence-electron chi connectivity index (χ3n) is 3.55. The van der Waals surface area contributed by atoms with Crippen molar-refractivity contribution in [1.29, 1.82) is 0 Å². The number of hydrogen-bond donors (Lipinski definition) is 1. The van der Waals surface area contributed by atoms with E-state index in [9.17, 15) is 13.2 Å². The number of fused-ring (bicyclic) bond motifs is 1. The number of likely N-dealkylation sites (N-methyl/N-ethyl adjacent to an activating group) is 1. The van der Waals surface area contributed by atoms with E-state index in [2.05, 4.69) is 0 Å². The molecular formula is C14H14N2O4S4. The Bertz CT molecular complexity index is 850. The predicted molar refractivity (Wildman–Crippen MR) is 101 cm³/mol. The van der Waals surface area contributed by atoms with Gasteiger partial charge in [0.05, 0.1) is 11.4 Å². The molecule has 2 heterocycles. The van der Waals surface area contributed by atoms with Gasteiger partial charge in [-0.25, -0.2) is 0 Å². The number of hydrogen-bond acceptors (Lipinski definition) is 7. The SMILES string of the molecule is CN1C(=O)C(=C2Sc3ccccc3N2CCCS(=O)(=O)O)SC1=S. The van der Waals surface area contributed by atoms with Crippen LogP contribution in [-0.4, -0.2) is 47.4 Å². The highest BCUT2D eigenvalue weighted by molar-refractivity contribution is 8.27. The monoisotopic (exact) mass is 402 g/mol. The van der Waals surface area contributed by atoms with Crippen molar-refractivity contribution in [1.82, 2.24) is 4.90 Å². The molecule has 2 aliphatic rings. The van der Waals surface area contributed by atoms with Crippen molar-refractivity contribution in [3.05, 3.63) is 34.2 Å². The molecule has 6 nitrogen and oxygen atoms in total. The number of para-hydroxylation sites is 1. The van der Waals surface area contributed by atoms with E-state index in [1.54, 1.807) is 7.05 Å². The fourth-order valence-corrected chi connectivity index (χ4v) is 5.41. The maximum Gasteiger partial charge on any atom is 0.268 e. The van der Waals surface area contributed by atoms with Gasteiger partial charge in [-0.15, -0.1) is 0 Å². The molecule has 1 saturated heterocycles. The third kappa shape index (κ3) is 3.47. The standard InChI is InChI=1S/C14H14N2O4S4/c1-15-12(17)11(23-14(15)21)13-16(7-4-8-24(18,19)20)9-5-2-3-6-10(9)22-13/h2-3,5-6H,4,7-8H2,1H3,(H,18,19,20). The van der Waals surface area contributed by atoms with Crippen molar-refractivity contribution in [2.24, 2.45) is 0 Å². The Hall–Kier alpha value is -1.07. The van der Waals surface area contributed by atoms with Gasteiger partial charge in [-0.05, 0) is 18.6 Å². The molecule has 0 unspecified atom stereocenters. The molecular weight excluding hydrogens is 388 g/mol. The van der Waals surface area contributed by atoms with Crippen LogP contribution < -0.4 is 4.90 Å². The predicted octanol–water partition coefficient (Wildman–Crippen LogP) is 2.54. The minimum atomic E-state index is -4.01. The highest BCUT2D eigenvalue weighted by Crippen LogP contribution is 2.50. The third-order valence-corrected chi connectivity index (χ3v) is 7.21. The molecule has 0 atom stereocenters. The number of anilines is 1. The van der Waals surface area contributed by atoms with Crippen LogP contribution in [0.15, 0.2) is 39.1 Å². The lowest BCUT2D eigenvalue weighted by molar-refractivity contribution is -0.121. The quantitative estimate of drug-likeness (QED) is 0.468. The number of rotatable bonds is 4. The Balaban J connectivity index is 1.94. The van der Waals surface area contributed by atoms with Crippen LogP contribution in [0.2, 0.25) is 0 Å². The molecule has 0 bridgehead atoms. The average Bonchev–Trinajstić information content (AvgIpc) is 2.99. The zero-order valence-electron chi connectivity index (χ0n) is 12.6. The molecule has 0 aliphatic carbocycles. The van der Waals surface area contributed by atoms with Crippen molar-refractivity contribution in [2.45, 2.75) is 11.3 Å². The summed E-state index contributed by atoms with van der Waals surface area (Å²) < 4.78 is 31.4. The van der Waals surface area contributed by atoms with Gasteiger partial charge in [0.25, 0.3) is 16.0 Å². The maximum absolute atomic E-state index is 12.4. The van der Waals surface area contributed by atoms with Crippen molar-refractivity contribution < 1.29 is 17.8 Å². The highest BCUT2D eigenvalue weighted by atomic mass is 32.2. The van der Waals surface area contributed by atoms with E-state index in [-0.39, 0.29) is 18.1 Å². The first-order valence-corrected chi connectivity index (χ1v) is 10.7. The van der Waals surface area contributed by atoms with Crippen LogP contribution >= 0.6 is 35.7 Å². The molecule has 24 heavy (non-hydrogen) atoms. The Kier molecular flexibility index (Phi) is 4.94. The van der Waals surface area contributed by atoms with Gasteiger partial charge in [-0.1, -0.05) is 47.9 Å². The molecule has 128 valence electrons. The lowest BCUT2D eigenvalue weighted by atomic mass is 10.3. The molecule has 1 amide bonds. The number of thioether (sulfide) groups is 2. The van der Waals surface area contributed by atoms with Crippen LogP contribution in [0.4, 0.5) is 5.69 Å². The average molecular weight is 403 g/mol. The lowest BCUT2D eigenvalue weighted by Gasteiger charge is -2.21. The summed E-state index contributed by atoms with van der Waals surface area (Å²) in [6.07, 6.45) is 0.254. The van der Waals surface area contributed by atoms with Crippen molar-refractivity contribution in [3.63, 3.8) is 0 Å². The van der Waals surface area contributed by atoms with E-state index in [4.69, 9.17) is 16.8 Å². The molecule has 2 aliphatic heterocycles. The summed E-state index contributed by atoms with van der Waals surface area (Å²) in [5, 5.41) is 0.758. The summed E-state index contributed by atoms with van der Waals surface area (Å²) >= 11 is 7.91. The van der Waals surface area contributed by atoms with E-state index in [1.165, 1.54) is 28.4 Å². The Labute approximate surface area is 154 Å². The second-order valence-electron chi connectivity index (χ2n) is 5.23. The van der Waals surface area contributed by atoms with Gasteiger partial charge >= 0.3 is 0 Å². The van der Waals surface area contributed by atoms with E-state index in [0.717, 1.165) is 15.6 Å². The fraction of sp³-hybridized carbons (Fsp3) is 0.286. The van der Waals surface area contributed by atoms with Gasteiger partial charge in [0.2, 0.25) is 0 Å². The molecule has 1 fully saturated rings. The molecule has 1 aromatic rings. The fourth-order valence-electron chi connectivity index (χ4n) is 2.40. The Morgan fingerprint density at radius 1 is 1.25 bits per heavy atom. The van der Waals surface area contributed by atoms with Gasteiger partial charge < -0.3 is 4.90 Å². The lowest BCUT2D eigenvalue weighted by Crippen LogP contribution is -2.26. The summed E-state index contributed by atoms with van der Waals surface area (Å²) in [4.78, 5) is 17.3. The largest absolute Gasteiger partial charge is 0.334 e. The first kappa shape index (κ1) is 17.7. The second-order valence-corrected chi connectivity index (χ2v) is 9.47. The second kappa shape index (κ2) is 6.68. The van der Waals surface area contributed by atoms with Gasteiger partial charge in [-0.2, -0.15) is 8.42 Å². The smallest absolute Gasteiger partial charge is 0.268 e. The Morgan fingerprint density at radius 2 is 1.96 bits per heavy atom. The number of thiocarbonyl (C=S) groups is 1. The van der Waals surface area contributed by atoms with Crippen LogP contribution in [0.5, 0.6) is 0 Å². The van der Waals surface area contributed by atoms with Gasteiger partial charge in [0.15, 0.2) is 0 Å². The van der Waals surface area contributed by atoms with Crippen LogP contribution in [0.25, 0.3) is 0 Å². The number of benzene rings is 1. The summed E-state index contributed by atoms with van der Waals surface area (Å²) in [6, 6.07) is 7.68. The van der Waals surface area contributed by atoms with Gasteiger partial charge in [0, 0.05) is 18.5 Å². The molecule has 1 aromatic carbocycles. The minimum Gasteiger partial charge on any atom is -0.334 e. The number of nitrogens with zero attached hydrogens (tertiary/aromatic N) is 2. The van der Waals surface area contributed by atoms with Crippen molar-refractivity contribution in [2.75, 3.05) is 24.2 Å². The van der Waals surface area contributed by atoms with E-state index in [0.29, 0.717) is 15.8 Å². The number of amides is 1.